The number of ether oxygens (including phenoxy) is 4. The van der Waals surface area contributed by atoms with Gasteiger partial charge < -0.3 is 18.9 Å². The molecule has 154 valence electrons. The number of Topliss-reactive ketones (excluding diaryl/α,β-unsaturated/α-hetero) is 1. The van der Waals surface area contributed by atoms with Gasteiger partial charge in [-0.2, -0.15) is 0 Å². The summed E-state index contributed by atoms with van der Waals surface area (Å²) in [5.41, 5.74) is 1.51. The molecule has 3 aromatic rings. The van der Waals surface area contributed by atoms with E-state index in [4.69, 9.17) is 18.9 Å². The summed E-state index contributed by atoms with van der Waals surface area (Å²) in [5.74, 6) is 0.917. The normalized spacial score (nSPS) is 10.2. The van der Waals surface area contributed by atoms with Crippen molar-refractivity contribution in [1.29, 1.82) is 0 Å². The molecule has 6 nitrogen and oxygen atoms in total. The lowest BCUT2D eigenvalue weighted by molar-refractivity contribution is -0.144. The third kappa shape index (κ3) is 6.38. The van der Waals surface area contributed by atoms with Crippen molar-refractivity contribution in [2.45, 2.75) is 6.61 Å². The Balaban J connectivity index is 1.39. The van der Waals surface area contributed by atoms with Crippen molar-refractivity contribution >= 4 is 11.8 Å². The van der Waals surface area contributed by atoms with E-state index >= 15 is 0 Å². The molecule has 3 aromatic carbocycles. The van der Waals surface area contributed by atoms with E-state index < -0.39 is 5.97 Å². The van der Waals surface area contributed by atoms with E-state index in [0.717, 1.165) is 5.56 Å². The zero-order chi connectivity index (χ0) is 21.2. The van der Waals surface area contributed by atoms with Crippen molar-refractivity contribution in [3.8, 4) is 17.2 Å². The minimum Gasteiger partial charge on any atom is -0.497 e. The molecule has 0 fully saturated rings. The van der Waals surface area contributed by atoms with Crippen LogP contribution in [0.15, 0.2) is 78.9 Å². The third-order valence-electron chi connectivity index (χ3n) is 4.20. The molecule has 0 bridgehead atoms. The molecule has 0 atom stereocenters. The standard InChI is InChI=1S/C24H22O6/c1-27-20-9-7-19(8-10-20)23(25)16-30-24(26)17-29-22-13-11-21(12-14-22)28-15-18-5-3-2-4-6-18/h2-14H,15-17H2,1H3. The summed E-state index contributed by atoms with van der Waals surface area (Å²) in [5, 5.41) is 0. The number of hydrogen-bond acceptors (Lipinski definition) is 6. The molecule has 0 spiro atoms. The summed E-state index contributed by atoms with van der Waals surface area (Å²) >= 11 is 0. The number of carbonyl (C=O) groups excluding carboxylic acids is 2. The Bertz CT molecular complexity index is 949. The maximum absolute atomic E-state index is 12.1. The summed E-state index contributed by atoms with van der Waals surface area (Å²) in [6.07, 6.45) is 0. The Hall–Kier alpha value is -3.80. The number of carbonyl (C=O) groups is 2. The van der Waals surface area contributed by atoms with Crippen LogP contribution < -0.4 is 14.2 Å². The fraction of sp³-hybridized carbons (Fsp3) is 0.167. The van der Waals surface area contributed by atoms with Crippen LogP contribution in [0.3, 0.4) is 0 Å². The predicted molar refractivity (Wildman–Crippen MR) is 111 cm³/mol. The Kier molecular flexibility index (Phi) is 7.44. The highest BCUT2D eigenvalue weighted by atomic mass is 16.6. The number of methoxy groups -OCH3 is 1. The first-order valence-electron chi connectivity index (χ1n) is 9.36. The number of esters is 1. The van der Waals surface area contributed by atoms with Crippen LogP contribution in [0.4, 0.5) is 0 Å². The highest BCUT2D eigenvalue weighted by molar-refractivity contribution is 5.98. The molecule has 0 heterocycles. The van der Waals surface area contributed by atoms with Gasteiger partial charge in [0.2, 0.25) is 0 Å². The Labute approximate surface area is 175 Å². The third-order valence-corrected chi connectivity index (χ3v) is 4.20. The smallest absolute Gasteiger partial charge is 0.344 e. The van der Waals surface area contributed by atoms with E-state index in [0.29, 0.717) is 29.4 Å². The second-order valence-electron chi connectivity index (χ2n) is 6.35. The van der Waals surface area contributed by atoms with Crippen LogP contribution in [0.25, 0.3) is 0 Å². The highest BCUT2D eigenvalue weighted by Crippen LogP contribution is 2.19. The van der Waals surface area contributed by atoms with Gasteiger partial charge in [-0.1, -0.05) is 30.3 Å². The van der Waals surface area contributed by atoms with Crippen molar-refractivity contribution in [1.82, 2.24) is 0 Å². The zero-order valence-corrected chi connectivity index (χ0v) is 16.6. The lowest BCUT2D eigenvalue weighted by Crippen LogP contribution is -2.19. The van der Waals surface area contributed by atoms with Gasteiger partial charge in [-0.15, -0.1) is 0 Å². The average Bonchev–Trinajstić information content (AvgIpc) is 2.81. The Morgan fingerprint density at radius 1 is 0.700 bits per heavy atom. The van der Waals surface area contributed by atoms with E-state index in [-0.39, 0.29) is 19.0 Å². The number of hydrogen-bond donors (Lipinski definition) is 0. The maximum atomic E-state index is 12.1. The van der Waals surface area contributed by atoms with Crippen LogP contribution in [0.5, 0.6) is 17.2 Å². The van der Waals surface area contributed by atoms with Crippen molar-refractivity contribution in [2.24, 2.45) is 0 Å². The number of rotatable bonds is 10. The molecular weight excluding hydrogens is 384 g/mol. The molecule has 30 heavy (non-hydrogen) atoms. The summed E-state index contributed by atoms with van der Waals surface area (Å²) in [4.78, 5) is 23.9. The zero-order valence-electron chi connectivity index (χ0n) is 16.6. The van der Waals surface area contributed by atoms with Crippen LogP contribution in [0.2, 0.25) is 0 Å². The Morgan fingerprint density at radius 2 is 1.30 bits per heavy atom. The van der Waals surface area contributed by atoms with Crippen LogP contribution >= 0.6 is 0 Å². The van der Waals surface area contributed by atoms with Gasteiger partial charge in [0.25, 0.3) is 0 Å². The van der Waals surface area contributed by atoms with Crippen molar-refractivity contribution in [2.75, 3.05) is 20.3 Å². The maximum Gasteiger partial charge on any atom is 0.344 e. The SMILES string of the molecule is COc1ccc(C(=O)COC(=O)COc2ccc(OCc3ccccc3)cc2)cc1. The monoisotopic (exact) mass is 406 g/mol. The van der Waals surface area contributed by atoms with Crippen LogP contribution in [-0.4, -0.2) is 32.1 Å². The van der Waals surface area contributed by atoms with Crippen molar-refractivity contribution in [3.05, 3.63) is 90.0 Å². The van der Waals surface area contributed by atoms with E-state index in [9.17, 15) is 9.59 Å². The van der Waals surface area contributed by atoms with Gasteiger partial charge in [-0.3, -0.25) is 4.79 Å². The van der Waals surface area contributed by atoms with E-state index in [1.165, 1.54) is 0 Å². The quantitative estimate of drug-likeness (QED) is 0.373. The first-order chi connectivity index (χ1) is 14.6. The molecule has 0 aliphatic carbocycles. The van der Waals surface area contributed by atoms with Crippen molar-refractivity contribution < 1.29 is 28.5 Å². The van der Waals surface area contributed by atoms with Crippen LogP contribution in [0.1, 0.15) is 15.9 Å². The minimum atomic E-state index is -0.624. The molecular formula is C24H22O6. The van der Waals surface area contributed by atoms with Gasteiger partial charge in [0, 0.05) is 5.56 Å². The fourth-order valence-electron chi connectivity index (χ4n) is 2.56. The minimum absolute atomic E-state index is 0.292. The highest BCUT2D eigenvalue weighted by Gasteiger charge is 2.11. The van der Waals surface area contributed by atoms with E-state index in [2.05, 4.69) is 0 Å². The number of benzene rings is 3. The first kappa shape index (κ1) is 20.9. The molecule has 0 saturated carbocycles. The van der Waals surface area contributed by atoms with E-state index in [1.54, 1.807) is 55.6 Å². The van der Waals surface area contributed by atoms with Gasteiger partial charge in [0.15, 0.2) is 19.0 Å². The van der Waals surface area contributed by atoms with Gasteiger partial charge in [0.05, 0.1) is 7.11 Å². The summed E-state index contributed by atoms with van der Waals surface area (Å²) < 4.78 is 21.1. The summed E-state index contributed by atoms with van der Waals surface area (Å²) in [6.45, 7) is -0.170. The van der Waals surface area contributed by atoms with Crippen LogP contribution in [-0.2, 0) is 16.1 Å². The lowest BCUT2D eigenvalue weighted by Gasteiger charge is -2.09. The van der Waals surface area contributed by atoms with Gasteiger partial charge in [-0.05, 0) is 54.1 Å². The molecule has 0 N–H and O–H groups in total. The molecule has 0 radical (unpaired) electrons. The van der Waals surface area contributed by atoms with Crippen molar-refractivity contribution in [3.63, 3.8) is 0 Å². The number of ketones is 1. The lowest BCUT2D eigenvalue weighted by atomic mass is 10.1. The molecule has 0 aromatic heterocycles. The average molecular weight is 406 g/mol. The largest absolute Gasteiger partial charge is 0.497 e. The summed E-state index contributed by atoms with van der Waals surface area (Å²) in [6, 6.07) is 23.4. The van der Waals surface area contributed by atoms with Crippen LogP contribution in [0, 0.1) is 0 Å². The second kappa shape index (κ2) is 10.7. The van der Waals surface area contributed by atoms with E-state index in [1.807, 2.05) is 30.3 Å². The molecule has 3 rings (SSSR count). The topological polar surface area (TPSA) is 71.1 Å². The molecule has 6 heteroatoms. The van der Waals surface area contributed by atoms with Gasteiger partial charge in [0.1, 0.15) is 23.9 Å². The first-order valence-corrected chi connectivity index (χ1v) is 9.36. The predicted octanol–water partition coefficient (Wildman–Crippen LogP) is 4.08. The molecule has 0 saturated heterocycles. The second-order valence-corrected chi connectivity index (χ2v) is 6.35. The molecule has 0 unspecified atom stereocenters. The molecule has 0 amide bonds. The Morgan fingerprint density at radius 3 is 1.93 bits per heavy atom. The van der Waals surface area contributed by atoms with Gasteiger partial charge in [-0.25, -0.2) is 4.79 Å². The summed E-state index contributed by atoms with van der Waals surface area (Å²) in [7, 11) is 1.55. The molecule has 0 aliphatic rings. The molecule has 0 aliphatic heterocycles. The van der Waals surface area contributed by atoms with Gasteiger partial charge >= 0.3 is 5.97 Å². The fourth-order valence-corrected chi connectivity index (χ4v) is 2.56.